The van der Waals surface area contributed by atoms with Gasteiger partial charge in [-0.3, -0.25) is 0 Å². The summed E-state index contributed by atoms with van der Waals surface area (Å²) < 4.78 is 12.5. The Morgan fingerprint density at radius 2 is 1.93 bits per heavy atom. The standard InChI is InChI=1S/C20H28N6O3/c1-5-25(6-2)16-10-7-9-14-17(16)26(11-8-12-27)19(22-14)23-15-13-21-20(29-4)24-18(15)28-3/h7,9-10,13,27H,5-6,8,11-12H2,1-4H3,(H,22,23). The number of aliphatic hydroxyl groups excluding tert-OH is 1. The zero-order valence-electron chi connectivity index (χ0n) is 17.3. The van der Waals surface area contributed by atoms with Gasteiger partial charge in [0.1, 0.15) is 5.69 Å². The molecule has 2 N–H and O–H groups in total. The molecule has 9 nitrogen and oxygen atoms in total. The minimum absolute atomic E-state index is 0.0987. The van der Waals surface area contributed by atoms with Crippen molar-refractivity contribution in [3.63, 3.8) is 0 Å². The van der Waals surface area contributed by atoms with E-state index in [9.17, 15) is 5.11 Å². The number of para-hydroxylation sites is 1. The van der Waals surface area contributed by atoms with Gasteiger partial charge in [-0.1, -0.05) is 6.07 Å². The number of benzene rings is 1. The number of hydrogen-bond acceptors (Lipinski definition) is 8. The van der Waals surface area contributed by atoms with Crippen molar-refractivity contribution in [3.8, 4) is 11.9 Å². The fraction of sp³-hybridized carbons (Fsp3) is 0.450. The van der Waals surface area contributed by atoms with Crippen LogP contribution in [0, 0.1) is 0 Å². The van der Waals surface area contributed by atoms with Crippen LogP contribution in [-0.4, -0.2) is 58.5 Å². The molecule has 3 rings (SSSR count). The summed E-state index contributed by atoms with van der Waals surface area (Å²) in [5, 5.41) is 12.7. The molecule has 0 bridgehead atoms. The van der Waals surface area contributed by atoms with Gasteiger partial charge in [0, 0.05) is 26.2 Å². The highest BCUT2D eigenvalue weighted by molar-refractivity contribution is 5.91. The van der Waals surface area contributed by atoms with Crippen molar-refractivity contribution in [2.75, 3.05) is 44.1 Å². The molecule has 0 aliphatic heterocycles. The number of nitrogens with one attached hydrogen (secondary N) is 1. The second kappa shape index (κ2) is 9.42. The third-order valence-corrected chi connectivity index (χ3v) is 4.74. The van der Waals surface area contributed by atoms with Crippen LogP contribution in [0.2, 0.25) is 0 Å². The summed E-state index contributed by atoms with van der Waals surface area (Å²) in [6.45, 7) is 6.77. The van der Waals surface area contributed by atoms with E-state index in [-0.39, 0.29) is 12.6 Å². The summed E-state index contributed by atoms with van der Waals surface area (Å²) in [5.74, 6) is 1.00. The quantitative estimate of drug-likeness (QED) is 0.536. The highest BCUT2D eigenvalue weighted by Gasteiger charge is 2.18. The van der Waals surface area contributed by atoms with Gasteiger partial charge in [-0.2, -0.15) is 4.98 Å². The number of aryl methyl sites for hydroxylation is 1. The number of aliphatic hydroxyl groups is 1. The van der Waals surface area contributed by atoms with Gasteiger partial charge in [0.15, 0.2) is 0 Å². The van der Waals surface area contributed by atoms with E-state index in [1.165, 1.54) is 7.11 Å². The number of anilines is 3. The summed E-state index contributed by atoms with van der Waals surface area (Å²) in [4.78, 5) is 15.5. The summed E-state index contributed by atoms with van der Waals surface area (Å²) in [6, 6.07) is 6.34. The van der Waals surface area contributed by atoms with Crippen molar-refractivity contribution in [2.45, 2.75) is 26.8 Å². The largest absolute Gasteiger partial charge is 0.479 e. The summed E-state index contributed by atoms with van der Waals surface area (Å²) in [5.41, 5.74) is 3.60. The van der Waals surface area contributed by atoms with Crippen LogP contribution in [-0.2, 0) is 6.54 Å². The Bertz CT molecular complexity index is 955. The number of methoxy groups -OCH3 is 2. The lowest BCUT2D eigenvalue weighted by atomic mass is 10.2. The molecule has 0 amide bonds. The first-order valence-electron chi connectivity index (χ1n) is 9.73. The Morgan fingerprint density at radius 3 is 2.59 bits per heavy atom. The predicted octanol–water partition coefficient (Wildman–Crippen LogP) is 2.82. The number of fused-ring (bicyclic) bond motifs is 1. The Kier molecular flexibility index (Phi) is 6.71. The monoisotopic (exact) mass is 400 g/mol. The van der Waals surface area contributed by atoms with E-state index in [0.29, 0.717) is 30.5 Å². The molecule has 2 heterocycles. The van der Waals surface area contributed by atoms with Gasteiger partial charge < -0.3 is 29.4 Å². The molecule has 0 atom stereocenters. The van der Waals surface area contributed by atoms with Crippen molar-refractivity contribution < 1.29 is 14.6 Å². The minimum Gasteiger partial charge on any atom is -0.479 e. The topological polar surface area (TPSA) is 97.6 Å². The molecule has 0 radical (unpaired) electrons. The Morgan fingerprint density at radius 1 is 1.14 bits per heavy atom. The van der Waals surface area contributed by atoms with Crippen LogP contribution in [0.1, 0.15) is 20.3 Å². The molecule has 9 heteroatoms. The van der Waals surface area contributed by atoms with Crippen LogP contribution in [0.4, 0.5) is 17.3 Å². The Labute approximate surface area is 170 Å². The van der Waals surface area contributed by atoms with E-state index in [1.807, 2.05) is 12.1 Å². The lowest BCUT2D eigenvalue weighted by Crippen LogP contribution is -2.22. The highest BCUT2D eigenvalue weighted by atomic mass is 16.5. The molecule has 0 saturated heterocycles. The number of hydrogen-bond donors (Lipinski definition) is 2. The van der Waals surface area contributed by atoms with Crippen molar-refractivity contribution in [2.24, 2.45) is 0 Å². The fourth-order valence-corrected chi connectivity index (χ4v) is 3.34. The third kappa shape index (κ3) is 4.19. The number of ether oxygens (including phenoxy) is 2. The smallest absolute Gasteiger partial charge is 0.319 e. The van der Waals surface area contributed by atoms with Gasteiger partial charge in [0.05, 0.1) is 37.1 Å². The first-order chi connectivity index (χ1) is 14.2. The van der Waals surface area contributed by atoms with E-state index in [4.69, 9.17) is 14.5 Å². The molecule has 0 aliphatic carbocycles. The summed E-state index contributed by atoms with van der Waals surface area (Å²) in [7, 11) is 3.05. The number of imidazole rings is 1. The molecular formula is C20H28N6O3. The van der Waals surface area contributed by atoms with Crippen LogP contribution >= 0.6 is 0 Å². The van der Waals surface area contributed by atoms with Gasteiger partial charge in [-0.15, -0.1) is 0 Å². The lowest BCUT2D eigenvalue weighted by molar-refractivity contribution is 0.281. The second-order valence-corrected chi connectivity index (χ2v) is 6.39. The Balaban J connectivity index is 2.11. The third-order valence-electron chi connectivity index (χ3n) is 4.74. The Hall–Kier alpha value is -3.07. The highest BCUT2D eigenvalue weighted by Crippen LogP contribution is 2.33. The van der Waals surface area contributed by atoms with E-state index < -0.39 is 0 Å². The van der Waals surface area contributed by atoms with Crippen molar-refractivity contribution >= 4 is 28.4 Å². The maximum atomic E-state index is 9.41. The molecule has 29 heavy (non-hydrogen) atoms. The molecule has 0 saturated carbocycles. The molecule has 0 fully saturated rings. The van der Waals surface area contributed by atoms with E-state index in [2.05, 4.69) is 44.7 Å². The van der Waals surface area contributed by atoms with Crippen molar-refractivity contribution in [3.05, 3.63) is 24.4 Å². The van der Waals surface area contributed by atoms with Crippen molar-refractivity contribution in [1.29, 1.82) is 0 Å². The maximum Gasteiger partial charge on any atom is 0.319 e. The predicted molar refractivity (Wildman–Crippen MR) is 113 cm³/mol. The first kappa shape index (κ1) is 20.7. The first-order valence-corrected chi connectivity index (χ1v) is 9.73. The van der Waals surface area contributed by atoms with Gasteiger partial charge in [-0.25, -0.2) is 9.97 Å². The van der Waals surface area contributed by atoms with Crippen LogP contribution in [0.15, 0.2) is 24.4 Å². The van der Waals surface area contributed by atoms with E-state index in [0.717, 1.165) is 29.8 Å². The average molecular weight is 400 g/mol. The molecule has 0 unspecified atom stereocenters. The number of nitrogens with zero attached hydrogens (tertiary/aromatic N) is 5. The van der Waals surface area contributed by atoms with Gasteiger partial charge in [-0.05, 0) is 32.4 Å². The molecule has 1 aromatic carbocycles. The van der Waals surface area contributed by atoms with Crippen molar-refractivity contribution in [1.82, 2.24) is 19.5 Å². The molecule has 2 aromatic heterocycles. The van der Waals surface area contributed by atoms with Gasteiger partial charge >= 0.3 is 6.01 Å². The van der Waals surface area contributed by atoms with Gasteiger partial charge in [0.25, 0.3) is 0 Å². The molecular weight excluding hydrogens is 372 g/mol. The average Bonchev–Trinajstić information content (AvgIpc) is 3.11. The van der Waals surface area contributed by atoms with Crippen LogP contribution in [0.5, 0.6) is 11.9 Å². The SMILES string of the molecule is CCN(CC)c1cccc2nc(Nc3cnc(OC)nc3OC)n(CCCO)c12. The summed E-state index contributed by atoms with van der Waals surface area (Å²) in [6.07, 6.45) is 2.22. The van der Waals surface area contributed by atoms with E-state index in [1.54, 1.807) is 13.3 Å². The molecule has 0 aliphatic rings. The van der Waals surface area contributed by atoms with Crippen LogP contribution in [0.3, 0.4) is 0 Å². The zero-order chi connectivity index (χ0) is 20.8. The van der Waals surface area contributed by atoms with Crippen LogP contribution < -0.4 is 19.7 Å². The number of aromatic nitrogens is 4. The van der Waals surface area contributed by atoms with E-state index >= 15 is 0 Å². The minimum atomic E-state index is 0.0987. The maximum absolute atomic E-state index is 9.41. The molecule has 156 valence electrons. The summed E-state index contributed by atoms with van der Waals surface area (Å²) >= 11 is 0. The normalized spacial score (nSPS) is 10.9. The van der Waals surface area contributed by atoms with Gasteiger partial charge in [0.2, 0.25) is 11.8 Å². The lowest BCUT2D eigenvalue weighted by Gasteiger charge is -2.23. The molecule has 0 spiro atoms. The second-order valence-electron chi connectivity index (χ2n) is 6.39. The van der Waals surface area contributed by atoms with Crippen LogP contribution in [0.25, 0.3) is 11.0 Å². The fourth-order valence-electron chi connectivity index (χ4n) is 3.34. The molecule has 3 aromatic rings. The number of rotatable bonds is 10. The zero-order valence-corrected chi connectivity index (χ0v) is 17.3.